The van der Waals surface area contributed by atoms with Gasteiger partial charge in [-0.3, -0.25) is 37.3 Å². The van der Waals surface area contributed by atoms with Crippen molar-refractivity contribution in [1.82, 2.24) is 0 Å². The molecule has 0 aromatic heterocycles. The summed E-state index contributed by atoms with van der Waals surface area (Å²) in [6.07, 6.45) is 51.5. The molecule has 0 aliphatic heterocycles. The van der Waals surface area contributed by atoms with Crippen LogP contribution in [-0.4, -0.2) is 96.7 Å². The van der Waals surface area contributed by atoms with E-state index in [4.69, 9.17) is 37.0 Å². The van der Waals surface area contributed by atoms with Crippen molar-refractivity contribution in [2.75, 3.05) is 39.6 Å². The van der Waals surface area contributed by atoms with Crippen molar-refractivity contribution in [2.24, 2.45) is 23.7 Å². The maximum Gasteiger partial charge on any atom is 0.472 e. The van der Waals surface area contributed by atoms with Gasteiger partial charge in [0.1, 0.15) is 19.3 Å². The van der Waals surface area contributed by atoms with E-state index in [1.54, 1.807) is 0 Å². The Labute approximate surface area is 588 Å². The molecule has 5 unspecified atom stereocenters. The third-order valence-electron chi connectivity index (χ3n) is 18.5. The standard InChI is InChI=1S/C77H150O17P2/c1-9-69(7)55-47-39-30-23-19-17-15-13-11-12-14-16-18-20-25-33-43-51-59-76(81)94-73(64-88-75(80)58-50-42-36-35-38-46-54-68(5)6)66-92-96(85,86)90-62-71(78)61-89-95(83,84)91-65-72(63-87-74(79)57-49-41-32-28-27-29-37-45-53-67(3)4)93-77(82)60-52-44-34-26-22-21-24-31-40-48-56-70(8)10-2/h67-73,78H,9-66H2,1-8H3,(H,83,84)(H,85,86)/t69?,70?,71?,72-,73-/m1/s1. The molecule has 3 N–H and O–H groups in total. The normalized spacial score (nSPS) is 14.7. The number of aliphatic hydroxyl groups excluding tert-OH is 1. The summed E-state index contributed by atoms with van der Waals surface area (Å²) >= 11 is 0. The molecule has 0 radical (unpaired) electrons. The lowest BCUT2D eigenvalue weighted by atomic mass is 9.99. The highest BCUT2D eigenvalue weighted by Gasteiger charge is 2.30. The lowest BCUT2D eigenvalue weighted by Gasteiger charge is -2.21. The van der Waals surface area contributed by atoms with E-state index < -0.39 is 97.5 Å². The number of carbonyl (C=O) groups excluding carboxylic acids is 4. The highest BCUT2D eigenvalue weighted by Crippen LogP contribution is 2.45. The van der Waals surface area contributed by atoms with Gasteiger partial charge >= 0.3 is 39.5 Å². The van der Waals surface area contributed by atoms with Crippen LogP contribution in [0.3, 0.4) is 0 Å². The first-order valence-corrected chi connectivity index (χ1v) is 42.8. The molecule has 0 aromatic carbocycles. The van der Waals surface area contributed by atoms with E-state index in [2.05, 4.69) is 55.4 Å². The minimum Gasteiger partial charge on any atom is -0.462 e. The van der Waals surface area contributed by atoms with Crippen molar-refractivity contribution in [3.63, 3.8) is 0 Å². The molecular weight excluding hydrogens is 1260 g/mol. The van der Waals surface area contributed by atoms with Crippen LogP contribution in [0, 0.1) is 23.7 Å². The predicted octanol–water partition coefficient (Wildman–Crippen LogP) is 22.4. The minimum absolute atomic E-state index is 0.105. The molecule has 0 heterocycles. The van der Waals surface area contributed by atoms with Gasteiger partial charge in [-0.25, -0.2) is 9.13 Å². The first-order chi connectivity index (χ1) is 46.2. The fourth-order valence-electron chi connectivity index (χ4n) is 11.7. The van der Waals surface area contributed by atoms with Gasteiger partial charge in [-0.1, -0.05) is 338 Å². The van der Waals surface area contributed by atoms with Crippen molar-refractivity contribution in [3.05, 3.63) is 0 Å². The van der Waals surface area contributed by atoms with Gasteiger partial charge in [0.2, 0.25) is 0 Å². The van der Waals surface area contributed by atoms with Gasteiger partial charge in [-0.05, 0) is 49.4 Å². The summed E-state index contributed by atoms with van der Waals surface area (Å²) in [5.74, 6) is 0.956. The summed E-state index contributed by atoms with van der Waals surface area (Å²) in [6, 6.07) is 0. The number of rotatable bonds is 74. The number of hydrogen-bond donors (Lipinski definition) is 3. The van der Waals surface area contributed by atoms with Crippen LogP contribution in [0.2, 0.25) is 0 Å². The maximum absolute atomic E-state index is 13.1. The average molecular weight is 1410 g/mol. The van der Waals surface area contributed by atoms with E-state index in [0.29, 0.717) is 31.6 Å². The monoisotopic (exact) mass is 1410 g/mol. The maximum atomic E-state index is 13.1. The van der Waals surface area contributed by atoms with Crippen molar-refractivity contribution < 1.29 is 80.2 Å². The molecule has 0 aliphatic rings. The zero-order valence-corrected chi connectivity index (χ0v) is 64.8. The van der Waals surface area contributed by atoms with Gasteiger partial charge in [0.15, 0.2) is 12.2 Å². The van der Waals surface area contributed by atoms with Crippen LogP contribution in [0.25, 0.3) is 0 Å². The second-order valence-electron chi connectivity index (χ2n) is 29.2. The Bertz CT molecular complexity index is 1890. The van der Waals surface area contributed by atoms with E-state index in [-0.39, 0.29) is 25.7 Å². The average Bonchev–Trinajstić information content (AvgIpc) is 1.54. The summed E-state index contributed by atoms with van der Waals surface area (Å²) in [7, 11) is -9.91. The predicted molar refractivity (Wildman–Crippen MR) is 391 cm³/mol. The fourth-order valence-corrected chi connectivity index (χ4v) is 13.2. The molecule has 0 fully saturated rings. The number of phosphoric ester groups is 2. The van der Waals surface area contributed by atoms with Gasteiger partial charge in [0.05, 0.1) is 26.4 Å². The van der Waals surface area contributed by atoms with E-state index in [1.807, 2.05) is 0 Å². The number of unbranched alkanes of at least 4 members (excludes halogenated alkanes) is 38. The van der Waals surface area contributed by atoms with Crippen LogP contribution in [0.15, 0.2) is 0 Å². The van der Waals surface area contributed by atoms with Gasteiger partial charge in [-0.15, -0.1) is 0 Å². The fraction of sp³-hybridized carbons (Fsp3) is 0.948. The van der Waals surface area contributed by atoms with Gasteiger partial charge in [0, 0.05) is 25.7 Å². The molecule has 0 bridgehead atoms. The van der Waals surface area contributed by atoms with E-state index in [0.717, 1.165) is 114 Å². The van der Waals surface area contributed by atoms with Crippen LogP contribution in [-0.2, 0) is 65.4 Å². The van der Waals surface area contributed by atoms with Crippen LogP contribution in [0.5, 0.6) is 0 Å². The number of esters is 4. The van der Waals surface area contributed by atoms with Gasteiger partial charge in [-0.2, -0.15) is 0 Å². The lowest BCUT2D eigenvalue weighted by molar-refractivity contribution is -0.161. The first-order valence-electron chi connectivity index (χ1n) is 39.8. The SMILES string of the molecule is CCC(C)CCCCCCCCCCCCCCCCCCCCC(=O)O[C@H](COC(=O)CCCCCCCCC(C)C)COP(=O)(O)OCC(O)COP(=O)(O)OC[C@@H](COC(=O)CCCCCCCCCCC(C)C)OC(=O)CCCCCCCCCCCCC(C)CC. The molecular formula is C77H150O17P2. The second kappa shape index (κ2) is 66.3. The first kappa shape index (κ1) is 94.1. The Balaban J connectivity index is 5.16. The Morgan fingerprint density at radius 2 is 0.500 bits per heavy atom. The third-order valence-corrected chi connectivity index (χ3v) is 20.4. The van der Waals surface area contributed by atoms with Gasteiger partial charge in [0.25, 0.3) is 0 Å². The molecule has 0 aliphatic carbocycles. The molecule has 17 nitrogen and oxygen atoms in total. The largest absolute Gasteiger partial charge is 0.472 e. The van der Waals surface area contributed by atoms with Crippen LogP contribution < -0.4 is 0 Å². The van der Waals surface area contributed by atoms with Crippen LogP contribution in [0.1, 0.15) is 389 Å². The molecule has 0 saturated carbocycles. The topological polar surface area (TPSA) is 237 Å². The molecule has 0 rings (SSSR count). The quantitative estimate of drug-likeness (QED) is 0.0222. The number of carbonyl (C=O) groups is 4. The van der Waals surface area contributed by atoms with Crippen LogP contribution >= 0.6 is 15.6 Å². The number of hydrogen-bond acceptors (Lipinski definition) is 15. The molecule has 0 aromatic rings. The zero-order valence-electron chi connectivity index (χ0n) is 63.0. The summed E-state index contributed by atoms with van der Waals surface area (Å²) in [6.45, 7) is 14.2. The van der Waals surface area contributed by atoms with Crippen molar-refractivity contribution in [3.8, 4) is 0 Å². The molecule has 0 amide bonds. The molecule has 570 valence electrons. The molecule has 19 heteroatoms. The summed E-state index contributed by atoms with van der Waals surface area (Å²) in [5, 5.41) is 10.6. The van der Waals surface area contributed by atoms with Crippen molar-refractivity contribution >= 4 is 39.5 Å². The molecule has 7 atom stereocenters. The van der Waals surface area contributed by atoms with Crippen LogP contribution in [0.4, 0.5) is 0 Å². The zero-order chi connectivity index (χ0) is 71.0. The second-order valence-corrected chi connectivity index (χ2v) is 32.1. The Morgan fingerprint density at radius 3 is 0.740 bits per heavy atom. The van der Waals surface area contributed by atoms with Gasteiger partial charge < -0.3 is 33.8 Å². The highest BCUT2D eigenvalue weighted by molar-refractivity contribution is 7.47. The third kappa shape index (κ3) is 67.9. The number of aliphatic hydroxyl groups is 1. The summed E-state index contributed by atoms with van der Waals surface area (Å²) < 4.78 is 68.5. The minimum atomic E-state index is -4.96. The smallest absolute Gasteiger partial charge is 0.462 e. The number of phosphoric acid groups is 2. The highest BCUT2D eigenvalue weighted by atomic mass is 31.2. The Hall–Kier alpha value is -1.94. The lowest BCUT2D eigenvalue weighted by Crippen LogP contribution is -2.30. The van der Waals surface area contributed by atoms with E-state index in [9.17, 15) is 43.2 Å². The van der Waals surface area contributed by atoms with Crippen molar-refractivity contribution in [1.29, 1.82) is 0 Å². The Morgan fingerprint density at radius 1 is 0.292 bits per heavy atom. The molecule has 96 heavy (non-hydrogen) atoms. The summed E-state index contributed by atoms with van der Waals surface area (Å²) in [5.41, 5.74) is 0. The molecule has 0 spiro atoms. The van der Waals surface area contributed by atoms with E-state index in [1.165, 1.54) is 186 Å². The van der Waals surface area contributed by atoms with E-state index >= 15 is 0 Å². The van der Waals surface area contributed by atoms with Crippen molar-refractivity contribution in [2.45, 2.75) is 408 Å². The Kier molecular flexibility index (Phi) is 65.0. The molecule has 0 saturated heterocycles. The summed E-state index contributed by atoms with van der Waals surface area (Å²) in [4.78, 5) is 72.8. The number of ether oxygens (including phenoxy) is 4.